The van der Waals surface area contributed by atoms with E-state index in [9.17, 15) is 21.6 Å². The van der Waals surface area contributed by atoms with Crippen LogP contribution in [0, 0.1) is 0 Å². The predicted molar refractivity (Wildman–Crippen MR) is 107 cm³/mol. The van der Waals surface area contributed by atoms with E-state index in [1.807, 2.05) is 10.8 Å². The minimum absolute atomic E-state index is 0.0128. The summed E-state index contributed by atoms with van der Waals surface area (Å²) < 4.78 is 55.4. The van der Waals surface area contributed by atoms with Gasteiger partial charge in [0.25, 0.3) is 20.0 Å². The maximum absolute atomic E-state index is 12.9. The van der Waals surface area contributed by atoms with Gasteiger partial charge in [-0.25, -0.2) is 21.6 Å². The van der Waals surface area contributed by atoms with Gasteiger partial charge in [0.15, 0.2) is 0 Å². The summed E-state index contributed by atoms with van der Waals surface area (Å²) in [5, 5.41) is 4.24. The van der Waals surface area contributed by atoms with Crippen LogP contribution in [0.2, 0.25) is 0 Å². The highest BCUT2D eigenvalue weighted by molar-refractivity contribution is 7.93. The van der Waals surface area contributed by atoms with Gasteiger partial charge in [-0.2, -0.15) is 5.10 Å². The highest BCUT2D eigenvalue weighted by Crippen LogP contribution is 2.27. The molecule has 29 heavy (non-hydrogen) atoms. The number of nitrogens with one attached hydrogen (secondary N) is 2. The molecule has 1 aromatic heterocycles. The molecule has 3 rings (SSSR count). The number of anilines is 1. The summed E-state index contributed by atoms with van der Waals surface area (Å²) in [5.41, 5.74) is 1.10. The summed E-state index contributed by atoms with van der Waals surface area (Å²) in [5.74, 6) is -0.722. The molecule has 1 amide bonds. The fourth-order valence-corrected chi connectivity index (χ4v) is 4.87. The molecule has 0 aliphatic rings. The van der Waals surface area contributed by atoms with Crippen LogP contribution >= 0.6 is 0 Å². The van der Waals surface area contributed by atoms with Crippen LogP contribution < -0.4 is 9.44 Å². The number of carbonyl (C=O) groups excluding carboxylic acids is 1. The standard InChI is InChI=1S/C18H18N4O5S2/c1-13(23)20-28(24,25)16-10-8-15(9-11-16)21-29(26,27)17-12-22(2)19-18(17)14-6-4-3-5-7-14/h3-12,21H,1-2H3,(H,20,23). The van der Waals surface area contributed by atoms with Gasteiger partial charge in [-0.05, 0) is 24.3 Å². The zero-order valence-corrected chi connectivity index (χ0v) is 17.2. The smallest absolute Gasteiger partial charge is 0.265 e. The number of carbonyl (C=O) groups is 1. The first-order chi connectivity index (χ1) is 13.6. The van der Waals surface area contributed by atoms with Crippen molar-refractivity contribution in [3.05, 3.63) is 60.8 Å². The quantitative estimate of drug-likeness (QED) is 0.608. The summed E-state index contributed by atoms with van der Waals surface area (Å²) in [7, 11) is -6.37. The molecule has 1 heterocycles. The van der Waals surface area contributed by atoms with Crippen molar-refractivity contribution in [2.75, 3.05) is 4.72 Å². The number of benzene rings is 2. The fourth-order valence-electron chi connectivity index (χ4n) is 2.62. The van der Waals surface area contributed by atoms with Crippen molar-refractivity contribution in [2.45, 2.75) is 16.7 Å². The van der Waals surface area contributed by atoms with Crippen LogP contribution in [-0.4, -0.2) is 32.5 Å². The van der Waals surface area contributed by atoms with Crippen molar-refractivity contribution in [3.63, 3.8) is 0 Å². The predicted octanol–water partition coefficient (Wildman–Crippen LogP) is 1.71. The van der Waals surface area contributed by atoms with Crippen molar-refractivity contribution >= 4 is 31.6 Å². The lowest BCUT2D eigenvalue weighted by atomic mass is 10.2. The van der Waals surface area contributed by atoms with Gasteiger partial charge in [0.05, 0.1) is 4.90 Å². The minimum Gasteiger partial charge on any atom is -0.280 e. The Bertz CT molecular complexity index is 1250. The van der Waals surface area contributed by atoms with Crippen molar-refractivity contribution in [1.82, 2.24) is 14.5 Å². The number of hydrogen-bond donors (Lipinski definition) is 2. The molecule has 0 bridgehead atoms. The maximum Gasteiger partial charge on any atom is 0.265 e. The largest absolute Gasteiger partial charge is 0.280 e. The van der Waals surface area contributed by atoms with E-state index in [0.29, 0.717) is 11.3 Å². The molecule has 0 aliphatic carbocycles. The average molecular weight is 434 g/mol. The molecular weight excluding hydrogens is 416 g/mol. The van der Waals surface area contributed by atoms with E-state index in [2.05, 4.69) is 9.82 Å². The molecule has 0 atom stereocenters. The van der Waals surface area contributed by atoms with E-state index in [0.717, 1.165) is 6.92 Å². The molecule has 0 radical (unpaired) electrons. The highest BCUT2D eigenvalue weighted by atomic mass is 32.2. The number of amides is 1. The zero-order chi connectivity index (χ0) is 21.2. The Morgan fingerprint density at radius 2 is 1.55 bits per heavy atom. The van der Waals surface area contributed by atoms with Crippen LogP contribution in [0.5, 0.6) is 0 Å². The summed E-state index contributed by atoms with van der Waals surface area (Å²) in [6, 6.07) is 13.9. The monoisotopic (exact) mass is 434 g/mol. The Hall–Kier alpha value is -3.18. The SMILES string of the molecule is CC(=O)NS(=O)(=O)c1ccc(NS(=O)(=O)c2cn(C)nc2-c2ccccc2)cc1. The topological polar surface area (TPSA) is 127 Å². The van der Waals surface area contributed by atoms with E-state index in [1.165, 1.54) is 35.1 Å². The molecule has 0 fully saturated rings. The number of aromatic nitrogens is 2. The lowest BCUT2D eigenvalue weighted by Crippen LogP contribution is -2.28. The average Bonchev–Trinajstić information content (AvgIpc) is 3.04. The summed E-state index contributed by atoms with van der Waals surface area (Å²) in [6.07, 6.45) is 1.39. The first-order valence-corrected chi connectivity index (χ1v) is 11.3. The van der Waals surface area contributed by atoms with Gasteiger partial charge in [0.1, 0.15) is 10.6 Å². The van der Waals surface area contributed by atoms with Crippen molar-refractivity contribution in [3.8, 4) is 11.3 Å². The van der Waals surface area contributed by atoms with Crippen LogP contribution in [0.3, 0.4) is 0 Å². The van der Waals surface area contributed by atoms with Crippen LogP contribution in [0.4, 0.5) is 5.69 Å². The molecule has 0 saturated carbocycles. The van der Waals surface area contributed by atoms with Gasteiger partial charge in [-0.3, -0.25) is 14.2 Å². The number of hydrogen-bond acceptors (Lipinski definition) is 6. The van der Waals surface area contributed by atoms with E-state index in [-0.39, 0.29) is 15.5 Å². The molecule has 0 unspecified atom stereocenters. The lowest BCUT2D eigenvalue weighted by Gasteiger charge is -2.09. The van der Waals surface area contributed by atoms with Gasteiger partial charge in [-0.15, -0.1) is 0 Å². The van der Waals surface area contributed by atoms with Gasteiger partial charge in [0, 0.05) is 31.4 Å². The number of rotatable bonds is 6. The molecule has 0 aliphatic heterocycles. The Balaban J connectivity index is 1.91. The van der Waals surface area contributed by atoms with Crippen LogP contribution in [0.1, 0.15) is 6.92 Å². The van der Waals surface area contributed by atoms with Crippen molar-refractivity contribution in [2.24, 2.45) is 7.05 Å². The van der Waals surface area contributed by atoms with Crippen molar-refractivity contribution in [1.29, 1.82) is 0 Å². The van der Waals surface area contributed by atoms with Gasteiger partial charge in [-0.1, -0.05) is 30.3 Å². The van der Waals surface area contributed by atoms with Gasteiger partial charge < -0.3 is 0 Å². The first kappa shape index (κ1) is 20.6. The third-order valence-corrected chi connectivity index (χ3v) is 6.66. The molecule has 2 aromatic carbocycles. The second-order valence-corrected chi connectivity index (χ2v) is 9.51. The zero-order valence-electron chi connectivity index (χ0n) is 15.5. The Labute approximate surface area is 168 Å². The normalized spacial score (nSPS) is 11.8. The molecule has 11 heteroatoms. The van der Waals surface area contributed by atoms with Crippen LogP contribution in [0.15, 0.2) is 70.6 Å². The van der Waals surface area contributed by atoms with Crippen LogP contribution in [0.25, 0.3) is 11.3 Å². The summed E-state index contributed by atoms with van der Waals surface area (Å²) in [4.78, 5) is 10.8. The second kappa shape index (κ2) is 7.68. The summed E-state index contributed by atoms with van der Waals surface area (Å²) >= 11 is 0. The molecule has 9 nitrogen and oxygen atoms in total. The summed E-state index contributed by atoms with van der Waals surface area (Å²) in [6.45, 7) is 1.08. The highest BCUT2D eigenvalue weighted by Gasteiger charge is 2.23. The Morgan fingerprint density at radius 1 is 0.931 bits per heavy atom. The first-order valence-electron chi connectivity index (χ1n) is 8.34. The molecule has 3 aromatic rings. The molecule has 0 spiro atoms. The van der Waals surface area contributed by atoms with Crippen molar-refractivity contribution < 1.29 is 21.6 Å². The lowest BCUT2D eigenvalue weighted by molar-refractivity contribution is -0.117. The Morgan fingerprint density at radius 3 is 2.14 bits per heavy atom. The number of aryl methyl sites for hydroxylation is 1. The molecule has 0 saturated heterocycles. The third kappa shape index (κ3) is 4.63. The minimum atomic E-state index is -4.00. The van der Waals surface area contributed by atoms with E-state index >= 15 is 0 Å². The van der Waals surface area contributed by atoms with Gasteiger partial charge in [0.2, 0.25) is 5.91 Å². The fraction of sp³-hybridized carbons (Fsp3) is 0.111. The molecule has 2 N–H and O–H groups in total. The Kier molecular flexibility index (Phi) is 5.44. The second-order valence-electron chi connectivity index (χ2n) is 6.17. The van der Waals surface area contributed by atoms with E-state index < -0.39 is 26.0 Å². The number of sulfonamides is 2. The van der Waals surface area contributed by atoms with Gasteiger partial charge >= 0.3 is 0 Å². The third-order valence-electron chi connectivity index (χ3n) is 3.83. The molecule has 152 valence electrons. The maximum atomic E-state index is 12.9. The number of nitrogens with zero attached hydrogens (tertiary/aromatic N) is 2. The van der Waals surface area contributed by atoms with E-state index in [1.54, 1.807) is 31.3 Å². The van der Waals surface area contributed by atoms with Crippen LogP contribution in [-0.2, 0) is 31.9 Å². The molecular formula is C18H18N4O5S2. The van der Waals surface area contributed by atoms with E-state index in [4.69, 9.17) is 0 Å².